The maximum absolute atomic E-state index is 12.1. The van der Waals surface area contributed by atoms with Crippen LogP contribution in [0.5, 0.6) is 5.75 Å². The highest BCUT2D eigenvalue weighted by molar-refractivity contribution is 5.90. The molecule has 1 heterocycles. The summed E-state index contributed by atoms with van der Waals surface area (Å²) in [5, 5.41) is 0. The minimum atomic E-state index is -0.728. The van der Waals surface area contributed by atoms with Gasteiger partial charge in [0.05, 0.1) is 6.61 Å². The molecule has 4 bridgehead atoms. The lowest BCUT2D eigenvalue weighted by Crippen LogP contribution is -2.47. The van der Waals surface area contributed by atoms with Crippen LogP contribution in [0.4, 0.5) is 0 Å². The number of fused-ring (bicyclic) bond motifs is 9. The first-order chi connectivity index (χ1) is 40.0. The van der Waals surface area contributed by atoms with Crippen molar-refractivity contribution in [3.8, 4) is 5.75 Å². The van der Waals surface area contributed by atoms with Crippen molar-refractivity contribution in [3.05, 3.63) is 97.2 Å². The summed E-state index contributed by atoms with van der Waals surface area (Å²) in [6.07, 6.45) is 22.3. The van der Waals surface area contributed by atoms with Gasteiger partial charge in [0, 0.05) is 45.6 Å². The molecule has 1 aromatic carbocycles. The van der Waals surface area contributed by atoms with Gasteiger partial charge in [0.2, 0.25) is 6.10 Å². The van der Waals surface area contributed by atoms with E-state index in [0.29, 0.717) is 47.2 Å². The van der Waals surface area contributed by atoms with Gasteiger partial charge in [-0.25, -0.2) is 28.8 Å². The number of benzene rings is 1. The molecule has 13 heteroatoms. The first-order valence-corrected chi connectivity index (χ1v) is 32.0. The fourth-order valence-electron chi connectivity index (χ4n) is 14.2. The zero-order chi connectivity index (χ0) is 64.8. The summed E-state index contributed by atoms with van der Waals surface area (Å²) >= 11 is 0. The third-order valence-corrected chi connectivity index (χ3v) is 19.1. The molecule has 7 saturated carbocycles. The molecule has 8 unspecified atom stereocenters. The molecule has 0 spiro atoms. The van der Waals surface area contributed by atoms with E-state index in [4.69, 9.17) is 28.4 Å². The molecule has 0 radical (unpaired) electrons. The Morgan fingerprint density at radius 1 is 0.616 bits per heavy atom. The van der Waals surface area contributed by atoms with E-state index in [2.05, 4.69) is 85.8 Å². The predicted octanol–water partition coefficient (Wildman–Crippen LogP) is 16.9. The number of hydrogen-bond acceptors (Lipinski definition) is 13. The lowest BCUT2D eigenvalue weighted by Gasteiger charge is -2.45. The molecule has 7 aliphatic carbocycles. The standard InChI is InChI=1S/C18H26O2.C13H22O2.C12H20O2.C12H16O.C10H16O2.C8H10O4/c1-4-18(20-17(19)10(2)3)9-13-8-14(18)16-12-6-5-11(7-12)15(13)16;1-10(2)11(14)15-13(12(3,4)5)8-6-7-9-13;1-9(2)11(13)14-12(10(3)4)7-5-6-8-12;1-5-10-6-8-11(9-7-10)13-12(2,3)4;1-8(2)9(11)12-10(3)6-4-5-7-10;1-5(2)7(9)12-6-3-4-11-8(6)10/h11-16H,2,4-9H2,1,3H3;1,6-9H2,2-5H3;10H,1,5-8H2,2-4H3;5-9H,1H2,2-4H3;1,4-7H2,2-3H3;6H,1,3-4H2,2H3. The Morgan fingerprint density at radius 3 is 1.52 bits per heavy atom. The van der Waals surface area contributed by atoms with Crippen molar-refractivity contribution in [2.24, 2.45) is 46.8 Å². The molecule has 8 aliphatic rings. The Kier molecular flexibility index (Phi) is 26.2. The van der Waals surface area contributed by atoms with Crippen LogP contribution >= 0.6 is 0 Å². The third kappa shape index (κ3) is 19.6. The minimum Gasteiger partial charge on any atom is -0.488 e. The minimum absolute atomic E-state index is 0.00854. The maximum Gasteiger partial charge on any atom is 0.347 e. The third-order valence-electron chi connectivity index (χ3n) is 19.1. The van der Waals surface area contributed by atoms with Gasteiger partial charge in [-0.2, -0.15) is 0 Å². The molecule has 86 heavy (non-hydrogen) atoms. The molecule has 0 N–H and O–H groups in total. The predicted molar refractivity (Wildman–Crippen MR) is 341 cm³/mol. The van der Waals surface area contributed by atoms with Crippen LogP contribution < -0.4 is 4.74 Å². The van der Waals surface area contributed by atoms with E-state index in [1.807, 2.05) is 58.0 Å². The van der Waals surface area contributed by atoms with E-state index < -0.39 is 18.0 Å². The summed E-state index contributed by atoms with van der Waals surface area (Å²) in [4.78, 5) is 68.1. The zero-order valence-electron chi connectivity index (χ0n) is 55.7. The van der Waals surface area contributed by atoms with E-state index in [-0.39, 0.29) is 62.9 Å². The quantitative estimate of drug-likeness (QED) is 0.0748. The van der Waals surface area contributed by atoms with E-state index in [0.717, 1.165) is 105 Å². The molecule has 13 nitrogen and oxygen atoms in total. The summed E-state index contributed by atoms with van der Waals surface area (Å²) in [5.41, 5.74) is 2.44. The monoisotopic (exact) mass is 1190 g/mol. The zero-order valence-corrected chi connectivity index (χ0v) is 55.7. The van der Waals surface area contributed by atoms with Crippen LogP contribution in [0.1, 0.15) is 231 Å². The normalized spacial score (nSPS) is 26.2. The number of carbonyl (C=O) groups is 6. The van der Waals surface area contributed by atoms with E-state index in [1.54, 1.807) is 27.7 Å². The second kappa shape index (κ2) is 31.0. The summed E-state index contributed by atoms with van der Waals surface area (Å²) < 4.78 is 37.7. The van der Waals surface area contributed by atoms with Crippen LogP contribution in [-0.4, -0.2) is 76.5 Å². The molecule has 1 aliphatic heterocycles. The van der Waals surface area contributed by atoms with Crippen LogP contribution in [0, 0.1) is 46.8 Å². The molecule has 9 rings (SSSR count). The number of hydrogen-bond donors (Lipinski definition) is 0. The van der Waals surface area contributed by atoms with Crippen molar-refractivity contribution in [2.45, 2.75) is 260 Å². The van der Waals surface area contributed by atoms with Crippen LogP contribution in [0.25, 0.3) is 6.08 Å². The number of rotatable bonds is 14. The van der Waals surface area contributed by atoms with Crippen molar-refractivity contribution in [1.82, 2.24) is 0 Å². The largest absolute Gasteiger partial charge is 0.488 e. The van der Waals surface area contributed by atoms with Crippen LogP contribution in [0.15, 0.2) is 91.6 Å². The fourth-order valence-corrected chi connectivity index (χ4v) is 14.2. The van der Waals surface area contributed by atoms with Gasteiger partial charge in [-0.15, -0.1) is 0 Å². The van der Waals surface area contributed by atoms with E-state index in [9.17, 15) is 28.8 Å². The lowest BCUT2D eigenvalue weighted by atomic mass is 9.65. The van der Waals surface area contributed by atoms with Crippen LogP contribution in [0.3, 0.4) is 0 Å². The molecule has 8 fully saturated rings. The summed E-state index contributed by atoms with van der Waals surface area (Å²) in [7, 11) is 0. The van der Waals surface area contributed by atoms with Gasteiger partial charge >= 0.3 is 35.8 Å². The average Bonchev–Trinajstić information content (AvgIpc) is 1.54. The maximum atomic E-state index is 12.1. The lowest BCUT2D eigenvalue weighted by molar-refractivity contribution is -0.168. The van der Waals surface area contributed by atoms with Gasteiger partial charge in [-0.05, 0) is 231 Å². The number of carbonyl (C=O) groups excluding carboxylic acids is 6. The van der Waals surface area contributed by atoms with Crippen LogP contribution in [0.2, 0.25) is 0 Å². The van der Waals surface area contributed by atoms with Crippen LogP contribution in [-0.2, 0) is 57.2 Å². The van der Waals surface area contributed by atoms with Gasteiger partial charge in [0.25, 0.3) is 0 Å². The molecule has 0 aromatic heterocycles. The Bertz CT molecular complexity index is 2590. The highest BCUT2D eigenvalue weighted by Gasteiger charge is 2.67. The van der Waals surface area contributed by atoms with Crippen molar-refractivity contribution in [2.75, 3.05) is 6.61 Å². The number of esters is 6. The van der Waals surface area contributed by atoms with Crippen molar-refractivity contribution in [1.29, 1.82) is 0 Å². The van der Waals surface area contributed by atoms with Gasteiger partial charge in [0.1, 0.15) is 33.8 Å². The summed E-state index contributed by atoms with van der Waals surface area (Å²) in [6, 6.07) is 7.91. The molecular formula is C73H110O13. The molecule has 0 amide bonds. The van der Waals surface area contributed by atoms with E-state index in [1.165, 1.54) is 58.3 Å². The average molecular weight is 1200 g/mol. The van der Waals surface area contributed by atoms with Crippen molar-refractivity contribution >= 4 is 41.9 Å². The van der Waals surface area contributed by atoms with E-state index >= 15 is 0 Å². The topological polar surface area (TPSA) is 167 Å². The van der Waals surface area contributed by atoms with Crippen molar-refractivity contribution in [3.63, 3.8) is 0 Å². The molecule has 1 aromatic rings. The Hall–Kier alpha value is -5.72. The van der Waals surface area contributed by atoms with Gasteiger partial charge in [-0.3, -0.25) is 0 Å². The second-order valence-corrected chi connectivity index (χ2v) is 28.5. The molecule has 1 saturated heterocycles. The van der Waals surface area contributed by atoms with Crippen molar-refractivity contribution < 1.29 is 61.9 Å². The fraction of sp³-hybridized carbons (Fsp3) is 0.671. The first-order valence-electron chi connectivity index (χ1n) is 32.0. The summed E-state index contributed by atoms with van der Waals surface area (Å²) in [5.74, 6) is 4.65. The second-order valence-electron chi connectivity index (χ2n) is 28.5. The Morgan fingerprint density at radius 2 is 1.08 bits per heavy atom. The number of ether oxygens (including phenoxy) is 7. The summed E-state index contributed by atoms with van der Waals surface area (Å²) in [6.45, 7) is 51.3. The Labute approximate surface area is 517 Å². The smallest absolute Gasteiger partial charge is 0.347 e. The SMILES string of the molecule is C=C(C)C(=O)OC1(C(C)(C)C)CCCC1.C=C(C)C(=O)OC1(C(C)C)CCCC1.C=C(C)C(=O)OC1(C)CCCC1.C=C(C)C(=O)OC1(CC)CC2CC1C1C3CCC(C3)C21.C=C(C)C(=O)OC1CCOC1=O.C=Cc1ccc(OC(C)(C)C)cc1. The van der Waals surface area contributed by atoms with Gasteiger partial charge in [0.15, 0.2) is 0 Å². The van der Waals surface area contributed by atoms with Gasteiger partial charge in [-0.1, -0.05) is 99.2 Å². The number of cyclic esters (lactones) is 1. The molecule has 480 valence electrons. The van der Waals surface area contributed by atoms with Gasteiger partial charge < -0.3 is 33.2 Å². The Balaban J connectivity index is 0.000000224. The highest BCUT2D eigenvalue weighted by Crippen LogP contribution is 2.71. The highest BCUT2D eigenvalue weighted by atomic mass is 16.6. The first kappa shape index (κ1) is 72.8. The molecule has 8 atom stereocenters. The molecular weight excluding hydrogens is 1080 g/mol.